The maximum absolute atomic E-state index is 12.6. The quantitative estimate of drug-likeness (QED) is 0.775. The van der Waals surface area contributed by atoms with Gasteiger partial charge >= 0.3 is 0 Å². The molecule has 1 heterocycles. The average Bonchev–Trinajstić information content (AvgIpc) is 2.35. The largest absolute Gasteiger partial charge is 0.340 e. The molecule has 0 spiro atoms. The summed E-state index contributed by atoms with van der Waals surface area (Å²) in [7, 11) is 0. The van der Waals surface area contributed by atoms with Crippen LogP contribution in [0.15, 0.2) is 12.2 Å². The zero-order valence-corrected chi connectivity index (χ0v) is 12.7. The predicted molar refractivity (Wildman–Crippen MR) is 76.6 cm³/mol. The third-order valence-corrected chi connectivity index (χ3v) is 3.75. The Morgan fingerprint density at radius 1 is 1.42 bits per heavy atom. The second-order valence-electron chi connectivity index (χ2n) is 5.85. The van der Waals surface area contributed by atoms with Crippen molar-refractivity contribution in [3.05, 3.63) is 12.2 Å². The third-order valence-electron chi connectivity index (χ3n) is 3.75. The van der Waals surface area contributed by atoms with Crippen molar-refractivity contribution in [1.29, 1.82) is 0 Å². The summed E-state index contributed by atoms with van der Waals surface area (Å²) in [6.45, 7) is 10.3. The average molecular weight is 266 g/mol. The molecule has 4 heteroatoms. The fourth-order valence-corrected chi connectivity index (χ4v) is 2.36. The second kappa shape index (κ2) is 6.22. The summed E-state index contributed by atoms with van der Waals surface area (Å²) in [6.07, 6.45) is 5.16. The lowest BCUT2D eigenvalue weighted by atomic mass is 9.89. The van der Waals surface area contributed by atoms with Crippen molar-refractivity contribution >= 4 is 11.8 Å². The highest BCUT2D eigenvalue weighted by molar-refractivity contribution is 5.99. The van der Waals surface area contributed by atoms with Crippen LogP contribution in [0.25, 0.3) is 0 Å². The molecule has 1 rings (SSSR count). The van der Waals surface area contributed by atoms with Gasteiger partial charge in [-0.2, -0.15) is 0 Å². The number of carbonyl (C=O) groups is 2. The van der Waals surface area contributed by atoms with Crippen molar-refractivity contribution < 1.29 is 9.59 Å². The van der Waals surface area contributed by atoms with E-state index >= 15 is 0 Å². The highest BCUT2D eigenvalue weighted by atomic mass is 16.2. The Kier molecular flexibility index (Phi) is 5.15. The van der Waals surface area contributed by atoms with Crippen LogP contribution >= 0.6 is 0 Å². The molecular weight excluding hydrogens is 240 g/mol. The molecule has 19 heavy (non-hydrogen) atoms. The summed E-state index contributed by atoms with van der Waals surface area (Å²) in [5.41, 5.74) is -0.758. The smallest absolute Gasteiger partial charge is 0.248 e. The molecule has 2 atom stereocenters. The van der Waals surface area contributed by atoms with Crippen LogP contribution in [-0.4, -0.2) is 34.8 Å². The molecule has 1 fully saturated rings. The Labute approximate surface area is 116 Å². The number of hydrogen-bond acceptors (Lipinski definition) is 2. The van der Waals surface area contributed by atoms with Crippen molar-refractivity contribution in [2.75, 3.05) is 6.54 Å². The van der Waals surface area contributed by atoms with Gasteiger partial charge in [0.2, 0.25) is 11.8 Å². The lowest BCUT2D eigenvalue weighted by Gasteiger charge is -2.44. The highest BCUT2D eigenvalue weighted by Gasteiger charge is 2.46. The van der Waals surface area contributed by atoms with Crippen LogP contribution in [0, 0.1) is 5.92 Å². The number of amides is 2. The van der Waals surface area contributed by atoms with E-state index in [0.717, 1.165) is 0 Å². The highest BCUT2D eigenvalue weighted by Crippen LogP contribution is 2.24. The standard InChI is InChI=1S/C15H26N2O2/c1-6-8-9-17-12(10-11(3)4)13(18)16-15(5,7-2)14(17)19/h6,8,11-12H,7,9-10H2,1-5H3,(H,16,18)/b8-6+. The molecule has 2 unspecified atom stereocenters. The zero-order chi connectivity index (χ0) is 14.6. The van der Waals surface area contributed by atoms with Crippen LogP contribution in [0.3, 0.4) is 0 Å². The molecular formula is C15H26N2O2. The second-order valence-corrected chi connectivity index (χ2v) is 5.85. The summed E-state index contributed by atoms with van der Waals surface area (Å²) < 4.78 is 0. The number of piperazine rings is 1. The van der Waals surface area contributed by atoms with Crippen LogP contribution in [0.2, 0.25) is 0 Å². The van der Waals surface area contributed by atoms with Crippen LogP contribution in [0.1, 0.15) is 47.5 Å². The van der Waals surface area contributed by atoms with E-state index in [-0.39, 0.29) is 17.9 Å². The van der Waals surface area contributed by atoms with Gasteiger partial charge in [0.25, 0.3) is 0 Å². The number of nitrogens with one attached hydrogen (secondary N) is 1. The zero-order valence-electron chi connectivity index (χ0n) is 12.7. The van der Waals surface area contributed by atoms with Gasteiger partial charge in [-0.05, 0) is 32.6 Å². The van der Waals surface area contributed by atoms with E-state index in [4.69, 9.17) is 0 Å². The minimum absolute atomic E-state index is 0.0258. The Bertz CT molecular complexity index is 376. The number of allylic oxidation sites excluding steroid dienone is 1. The van der Waals surface area contributed by atoms with Crippen LogP contribution in [0.4, 0.5) is 0 Å². The van der Waals surface area contributed by atoms with Crippen molar-refractivity contribution in [1.82, 2.24) is 10.2 Å². The predicted octanol–water partition coefficient (Wildman–Crippen LogP) is 2.10. The Morgan fingerprint density at radius 3 is 2.53 bits per heavy atom. The summed E-state index contributed by atoms with van der Waals surface area (Å²) in [4.78, 5) is 26.6. The van der Waals surface area contributed by atoms with Crippen LogP contribution in [-0.2, 0) is 9.59 Å². The van der Waals surface area contributed by atoms with E-state index in [2.05, 4.69) is 19.2 Å². The van der Waals surface area contributed by atoms with E-state index in [1.54, 1.807) is 4.90 Å². The Hall–Kier alpha value is -1.32. The van der Waals surface area contributed by atoms with Crippen molar-refractivity contribution in [3.8, 4) is 0 Å². The molecule has 4 nitrogen and oxygen atoms in total. The topological polar surface area (TPSA) is 49.4 Å². The van der Waals surface area contributed by atoms with E-state index in [9.17, 15) is 9.59 Å². The first-order valence-electron chi connectivity index (χ1n) is 7.10. The molecule has 1 aliphatic heterocycles. The molecule has 0 aliphatic carbocycles. The molecule has 2 amide bonds. The third kappa shape index (κ3) is 3.37. The van der Waals surface area contributed by atoms with Gasteiger partial charge < -0.3 is 10.2 Å². The summed E-state index contributed by atoms with van der Waals surface area (Å²) in [5.74, 6) is 0.378. The number of hydrogen-bond donors (Lipinski definition) is 1. The first-order chi connectivity index (χ1) is 8.85. The van der Waals surface area contributed by atoms with Crippen molar-refractivity contribution in [3.63, 3.8) is 0 Å². The molecule has 108 valence electrons. The number of nitrogens with zero attached hydrogens (tertiary/aromatic N) is 1. The van der Waals surface area contributed by atoms with Gasteiger partial charge in [-0.3, -0.25) is 9.59 Å². The van der Waals surface area contributed by atoms with Gasteiger partial charge in [-0.25, -0.2) is 0 Å². The Morgan fingerprint density at radius 2 is 2.05 bits per heavy atom. The SMILES string of the molecule is C/C=C/CN1C(=O)C(C)(CC)NC(=O)C1CC(C)C. The number of rotatable bonds is 5. The fraction of sp³-hybridized carbons (Fsp3) is 0.733. The summed E-state index contributed by atoms with van der Waals surface area (Å²) >= 11 is 0. The van der Waals surface area contributed by atoms with E-state index in [1.165, 1.54) is 0 Å². The monoisotopic (exact) mass is 266 g/mol. The molecule has 0 aromatic heterocycles. The van der Waals surface area contributed by atoms with Crippen molar-refractivity contribution in [2.45, 2.75) is 59.0 Å². The molecule has 1 aliphatic rings. The maximum atomic E-state index is 12.6. The van der Waals surface area contributed by atoms with Gasteiger partial charge in [-0.1, -0.05) is 32.9 Å². The van der Waals surface area contributed by atoms with E-state index in [0.29, 0.717) is 25.3 Å². The number of carbonyl (C=O) groups excluding carboxylic acids is 2. The maximum Gasteiger partial charge on any atom is 0.248 e. The minimum atomic E-state index is -0.758. The molecule has 0 aromatic rings. The molecule has 0 bridgehead atoms. The first-order valence-corrected chi connectivity index (χ1v) is 7.10. The lowest BCUT2D eigenvalue weighted by Crippen LogP contribution is -2.69. The molecule has 1 N–H and O–H groups in total. The van der Waals surface area contributed by atoms with Crippen LogP contribution < -0.4 is 5.32 Å². The van der Waals surface area contributed by atoms with Gasteiger partial charge in [0.05, 0.1) is 0 Å². The first kappa shape index (κ1) is 15.7. The van der Waals surface area contributed by atoms with Gasteiger partial charge in [0.15, 0.2) is 0 Å². The lowest BCUT2D eigenvalue weighted by molar-refractivity contribution is -0.154. The molecule has 0 aromatic carbocycles. The fourth-order valence-electron chi connectivity index (χ4n) is 2.36. The van der Waals surface area contributed by atoms with Gasteiger partial charge in [-0.15, -0.1) is 0 Å². The normalized spacial score (nSPS) is 28.3. The molecule has 1 saturated heterocycles. The Balaban J connectivity index is 3.03. The summed E-state index contributed by atoms with van der Waals surface area (Å²) in [6, 6.07) is -0.344. The van der Waals surface area contributed by atoms with Crippen molar-refractivity contribution in [2.24, 2.45) is 5.92 Å². The minimum Gasteiger partial charge on any atom is -0.340 e. The van der Waals surface area contributed by atoms with E-state index in [1.807, 2.05) is 32.9 Å². The summed E-state index contributed by atoms with van der Waals surface area (Å²) in [5, 5.41) is 2.90. The molecule has 0 saturated carbocycles. The van der Waals surface area contributed by atoms with Crippen LogP contribution in [0.5, 0.6) is 0 Å². The van der Waals surface area contributed by atoms with Gasteiger partial charge in [0.1, 0.15) is 11.6 Å². The molecule has 0 radical (unpaired) electrons. The van der Waals surface area contributed by atoms with Gasteiger partial charge in [0, 0.05) is 6.54 Å². The van der Waals surface area contributed by atoms with E-state index < -0.39 is 5.54 Å².